The van der Waals surface area contributed by atoms with Crippen LogP contribution >= 0.6 is 0 Å². The predicted octanol–water partition coefficient (Wildman–Crippen LogP) is -9.77. The van der Waals surface area contributed by atoms with E-state index in [9.17, 15) is 112 Å². The molecule has 80 heavy (non-hydrogen) atoms. The van der Waals surface area contributed by atoms with E-state index in [1.165, 1.54) is 13.8 Å². The van der Waals surface area contributed by atoms with Crippen LogP contribution in [0, 0.1) is 29.6 Å². The first-order valence-corrected chi connectivity index (χ1v) is 27.3. The van der Waals surface area contributed by atoms with Crippen LogP contribution < -0.4 is 0 Å². The highest BCUT2D eigenvalue weighted by Gasteiger charge is 2.54. The fourth-order valence-corrected chi connectivity index (χ4v) is 11.0. The third-order valence-corrected chi connectivity index (χ3v) is 15.4. The summed E-state index contributed by atoms with van der Waals surface area (Å²) in [5, 5.41) is 160. The van der Waals surface area contributed by atoms with Crippen molar-refractivity contribution >= 4 is 32.7 Å². The summed E-state index contributed by atoms with van der Waals surface area (Å²) in [6, 6.07) is 0. The van der Waals surface area contributed by atoms with E-state index in [1.807, 2.05) is 0 Å². The molecule has 0 aromatic heterocycles. The Labute approximate surface area is 453 Å². The van der Waals surface area contributed by atoms with Gasteiger partial charge in [-0.3, -0.25) is 9.11 Å². The lowest BCUT2D eigenvalue weighted by atomic mass is 9.79. The highest BCUT2D eigenvalue weighted by atomic mass is 32.3. The minimum atomic E-state index is -5.28. The molecule has 28 atom stereocenters. The normalized spacial score (nSPS) is 44.9. The lowest BCUT2D eigenvalue weighted by Crippen LogP contribution is -2.61. The van der Waals surface area contributed by atoms with Gasteiger partial charge in [-0.15, -0.1) is 0 Å². The molecule has 464 valence electrons. The number of hydrogen-bond acceptors (Lipinski definition) is 32. The van der Waals surface area contributed by atoms with Crippen molar-refractivity contribution in [2.24, 2.45) is 29.6 Å². The zero-order valence-electron chi connectivity index (χ0n) is 42.1. The first-order valence-electron chi connectivity index (χ1n) is 24.6. The minimum Gasteiger partial charge on any atom is -0.479 e. The highest BCUT2D eigenvalue weighted by molar-refractivity contribution is 7.81. The zero-order chi connectivity index (χ0) is 59.5. The molecular weight excluding hydrogens is 1140 g/mol. The lowest BCUT2D eigenvalue weighted by molar-refractivity contribution is -0.322. The Morgan fingerprint density at radius 2 is 0.938 bits per heavy atom. The van der Waals surface area contributed by atoms with Crippen LogP contribution in [-0.4, -0.2) is 309 Å². The van der Waals surface area contributed by atoms with E-state index in [1.54, 1.807) is 0 Å². The third kappa shape index (κ3) is 16.0. The Bertz CT molecular complexity index is 2280. The molecule has 0 amide bonds. The molecule has 36 nitrogen and oxygen atoms in total. The quantitative estimate of drug-likeness (QED) is 0.0399. The van der Waals surface area contributed by atoms with Crippen molar-refractivity contribution in [1.82, 2.24) is 0 Å². The van der Waals surface area contributed by atoms with Gasteiger partial charge in [-0.25, -0.2) is 18.0 Å². The van der Waals surface area contributed by atoms with Gasteiger partial charge >= 0.3 is 32.7 Å². The van der Waals surface area contributed by atoms with E-state index >= 15 is 0 Å². The first kappa shape index (κ1) is 66.4. The summed E-state index contributed by atoms with van der Waals surface area (Å²) >= 11 is 0. The van der Waals surface area contributed by atoms with E-state index < -0.39 is 262 Å². The van der Waals surface area contributed by atoms with Crippen LogP contribution in [0.25, 0.3) is 0 Å². The van der Waals surface area contributed by atoms with Crippen LogP contribution in [0.2, 0.25) is 0 Å². The van der Waals surface area contributed by atoms with Gasteiger partial charge in [-0.05, 0) is 19.9 Å². The molecule has 0 bridgehead atoms. The van der Waals surface area contributed by atoms with Crippen LogP contribution in [0.4, 0.5) is 0 Å². The number of ether oxygens (including phenoxy) is 11. The number of carboxylic acids is 2. The molecule has 0 aliphatic carbocycles. The number of carboxylic acid groups (broad SMARTS) is 2. The van der Waals surface area contributed by atoms with Crippen molar-refractivity contribution in [3.63, 3.8) is 0 Å². The molecule has 5 saturated heterocycles. The Hall–Kier alpha value is -2.70. The maximum Gasteiger partial charge on any atom is 0.397 e. The molecule has 6 aliphatic heterocycles. The molecule has 6 heterocycles. The Morgan fingerprint density at radius 1 is 0.487 bits per heavy atom. The van der Waals surface area contributed by atoms with Crippen LogP contribution in [0.3, 0.4) is 0 Å². The summed E-state index contributed by atoms with van der Waals surface area (Å²) in [4.78, 5) is 24.4. The van der Waals surface area contributed by atoms with E-state index in [0.29, 0.717) is 6.08 Å². The second-order valence-corrected chi connectivity index (χ2v) is 21.8. The maximum atomic E-state index is 12.7. The molecule has 6 rings (SSSR count). The van der Waals surface area contributed by atoms with E-state index in [-0.39, 0.29) is 0 Å². The number of hydrogen-bond donors (Lipinski definition) is 17. The van der Waals surface area contributed by atoms with Gasteiger partial charge in [0.05, 0.1) is 89.5 Å². The van der Waals surface area contributed by atoms with Crippen molar-refractivity contribution in [2.75, 3.05) is 52.9 Å². The zero-order valence-corrected chi connectivity index (χ0v) is 43.7. The summed E-state index contributed by atoms with van der Waals surface area (Å²) in [6.07, 6.45) is -41.5. The van der Waals surface area contributed by atoms with Crippen LogP contribution in [0.15, 0.2) is 11.8 Å². The molecule has 6 aliphatic rings. The smallest absolute Gasteiger partial charge is 0.397 e. The molecule has 0 aromatic carbocycles. The Balaban J connectivity index is 1.16. The maximum absolute atomic E-state index is 12.7. The molecule has 0 aromatic rings. The van der Waals surface area contributed by atoms with Gasteiger partial charge in [0, 0.05) is 29.6 Å². The molecular formula is C42H68O36S2. The van der Waals surface area contributed by atoms with Gasteiger partial charge in [0.25, 0.3) is 0 Å². The largest absolute Gasteiger partial charge is 0.479 e. The topological polar surface area (TPSA) is 566 Å². The SMILES string of the molecule is CC1O[C@@H](OC[C@H]2C(CO[C@@H]3OC(C(=O)O)[C@@H](COC[C@H]4OC(CO)[C@@H](O)[C@@H](CO[C@@H]5OC(C)[C@@H](O)[C@H](OS(=O)(=O)O)C5O)C4CO[C@@H]4OC(C(=O)O)=C[C@@H](O)C4O)[C@@H](O)C3O)C(O)OC(CO)[C@H]2O)C(O)[C@@H](OS(=O)(=O)O)[C@@H]1O. The van der Waals surface area contributed by atoms with Gasteiger partial charge in [0.1, 0.15) is 67.1 Å². The Kier molecular flexibility index (Phi) is 23.3. The van der Waals surface area contributed by atoms with Crippen molar-refractivity contribution in [1.29, 1.82) is 0 Å². The third-order valence-electron chi connectivity index (χ3n) is 14.4. The first-order chi connectivity index (χ1) is 37.4. The second-order valence-electron chi connectivity index (χ2n) is 19.7. The van der Waals surface area contributed by atoms with Crippen LogP contribution in [0.5, 0.6) is 0 Å². The Morgan fingerprint density at radius 3 is 1.41 bits per heavy atom. The lowest BCUT2D eigenvalue weighted by Gasteiger charge is -2.46. The molecule has 17 N–H and O–H groups in total. The van der Waals surface area contributed by atoms with Crippen LogP contribution in [-0.2, 0) is 90.9 Å². The van der Waals surface area contributed by atoms with E-state index in [0.717, 1.165) is 0 Å². The van der Waals surface area contributed by atoms with Crippen molar-refractivity contribution < 1.29 is 173 Å². The number of aliphatic hydroxyl groups is 13. The monoisotopic (exact) mass is 1210 g/mol. The average Bonchev–Trinajstić information content (AvgIpc) is 3.42. The predicted molar refractivity (Wildman–Crippen MR) is 244 cm³/mol. The van der Waals surface area contributed by atoms with E-state index in [2.05, 4.69) is 8.37 Å². The number of aliphatic carboxylic acids is 2. The summed E-state index contributed by atoms with van der Waals surface area (Å²) in [5.74, 6) is -11.5. The van der Waals surface area contributed by atoms with Crippen molar-refractivity contribution in [3.8, 4) is 0 Å². The minimum absolute atomic E-state index is 0.677. The van der Waals surface area contributed by atoms with Gasteiger partial charge < -0.3 is 129 Å². The standard InChI is InChI=1S/C42H68O36S2/c1-12-24(46)34(77-79(60,61)62)31(53)41(71-12)68-8-15-14(7-67-39-29(51)19(45)3-20(75-39)36(55)56)23(73-21(4-43)26(15)48)11-66-6-18-28(50)30(52)40(76-33(18)37(57)58)70-10-17-16(27(49)22(5-44)74-38(17)59)9-69-42-32(54)35(78-80(63,64)65)25(47)13(2)72-42/h3,12-19,21-35,38-54,59H,4-11H2,1-2H3,(H,55,56)(H,57,58)(H,60,61,62)(H,63,64,65)/t12?,13?,14?,15-,16-,17?,18-,19+,21?,22?,23+,24+,25+,26-,27-,28+,29?,30?,31?,32?,33?,34-,35-,38?,39+,40+,41+,42+/m0/s1. The summed E-state index contributed by atoms with van der Waals surface area (Å²) in [7, 11) is -10.5. The van der Waals surface area contributed by atoms with E-state index in [4.69, 9.17) is 52.1 Å². The molecule has 0 spiro atoms. The number of aliphatic hydroxyl groups excluding tert-OH is 13. The summed E-state index contributed by atoms with van der Waals surface area (Å²) < 4.78 is 135. The number of carbonyl (C=O) groups is 2. The second kappa shape index (κ2) is 28.0. The molecule has 5 fully saturated rings. The number of rotatable bonds is 24. The van der Waals surface area contributed by atoms with Gasteiger partial charge in [0.2, 0.25) is 12.0 Å². The van der Waals surface area contributed by atoms with Crippen LogP contribution in [0.1, 0.15) is 13.8 Å². The molecule has 0 saturated carbocycles. The van der Waals surface area contributed by atoms with Gasteiger partial charge in [-0.2, -0.15) is 16.8 Å². The summed E-state index contributed by atoms with van der Waals surface area (Å²) in [5.41, 5.74) is 0. The van der Waals surface area contributed by atoms with Gasteiger partial charge in [-0.1, -0.05) is 0 Å². The average molecular weight is 1210 g/mol. The molecule has 0 radical (unpaired) electrons. The highest BCUT2D eigenvalue weighted by Crippen LogP contribution is 2.38. The van der Waals surface area contributed by atoms with Crippen molar-refractivity contribution in [2.45, 2.75) is 155 Å². The fraction of sp³-hybridized carbons (Fsp3) is 0.905. The summed E-state index contributed by atoms with van der Waals surface area (Å²) in [6.45, 7) is -3.86. The van der Waals surface area contributed by atoms with Gasteiger partial charge in [0.15, 0.2) is 31.3 Å². The van der Waals surface area contributed by atoms with Crippen molar-refractivity contribution in [3.05, 3.63) is 11.8 Å². The fourth-order valence-electron chi connectivity index (χ4n) is 9.97. The molecule has 12 unspecified atom stereocenters. The molecule has 38 heteroatoms.